The Morgan fingerprint density at radius 3 is 2.27 bits per heavy atom. The van der Waals surface area contributed by atoms with Crippen molar-refractivity contribution in [2.24, 2.45) is 5.73 Å². The maximum Gasteiger partial charge on any atom is 0.490 e. The van der Waals surface area contributed by atoms with E-state index in [0.29, 0.717) is 44.4 Å². The molecule has 2 rings (SSSR count). The number of carbonyl (C=O) groups excluding carboxylic acids is 5. The summed E-state index contributed by atoms with van der Waals surface area (Å²) in [6, 6.07) is 6.92. The fourth-order valence-electron chi connectivity index (χ4n) is 3.36. The van der Waals surface area contributed by atoms with Gasteiger partial charge in [0.1, 0.15) is 12.1 Å². The molecule has 1 aromatic carbocycles. The topological polar surface area (TPSA) is 197 Å². The van der Waals surface area contributed by atoms with Crippen LogP contribution >= 0.6 is 11.8 Å². The van der Waals surface area contributed by atoms with Gasteiger partial charge in [0.15, 0.2) is 0 Å². The van der Waals surface area contributed by atoms with Crippen LogP contribution in [0.15, 0.2) is 30.3 Å². The predicted molar refractivity (Wildman–Crippen MR) is 139 cm³/mol. The summed E-state index contributed by atoms with van der Waals surface area (Å²) >= 11 is 1.18. The van der Waals surface area contributed by atoms with Gasteiger partial charge in [-0.05, 0) is 37.8 Å². The highest BCUT2D eigenvalue weighted by Gasteiger charge is 2.38. The van der Waals surface area contributed by atoms with Crippen LogP contribution in [-0.2, 0) is 35.2 Å². The quantitative estimate of drug-likeness (QED) is 0.126. The van der Waals surface area contributed by atoms with Crippen LogP contribution in [0, 0.1) is 0 Å². The van der Waals surface area contributed by atoms with E-state index in [1.54, 1.807) is 0 Å². The summed E-state index contributed by atoms with van der Waals surface area (Å²) in [5.74, 6) is -3.62. The Kier molecular flexibility index (Phi) is 15.3. The van der Waals surface area contributed by atoms with Gasteiger partial charge in [0.2, 0.25) is 29.2 Å². The lowest BCUT2D eigenvalue weighted by atomic mass is 10.0. The zero-order valence-electron chi connectivity index (χ0n) is 21.4. The number of benzene rings is 1. The average Bonchev–Trinajstić information content (AvgIpc) is 3.30. The Morgan fingerprint density at radius 1 is 1.10 bits per heavy atom. The SMILES string of the molecule is NCCCC[C@H](NC=O)C(=O)NCC(=O)N[C@@H](Cc1ccccc1)C(=O)N[C@H]1CCSC1=O.O=C(O)C(F)(F)F. The molecular formula is C24H32F3N5O7S. The highest BCUT2D eigenvalue weighted by Crippen LogP contribution is 2.19. The summed E-state index contributed by atoms with van der Waals surface area (Å²) in [5, 5.41) is 17.3. The number of alkyl halides is 3. The van der Waals surface area contributed by atoms with E-state index in [4.69, 9.17) is 15.6 Å². The Hall–Kier alpha value is -3.66. The summed E-state index contributed by atoms with van der Waals surface area (Å²) in [7, 11) is 0. The minimum absolute atomic E-state index is 0.0937. The lowest BCUT2D eigenvalue weighted by Crippen LogP contribution is -2.54. The highest BCUT2D eigenvalue weighted by atomic mass is 32.2. The molecule has 1 aliphatic heterocycles. The van der Waals surface area contributed by atoms with Crippen LogP contribution in [0.25, 0.3) is 0 Å². The number of unbranched alkanes of at least 4 members (excludes halogenated alkanes) is 1. The number of thioether (sulfide) groups is 1. The average molecular weight is 592 g/mol. The van der Waals surface area contributed by atoms with Crippen molar-refractivity contribution in [1.29, 1.82) is 0 Å². The molecule has 1 fully saturated rings. The molecule has 0 spiro atoms. The van der Waals surface area contributed by atoms with Crippen LogP contribution in [0.5, 0.6) is 0 Å². The number of carbonyl (C=O) groups is 6. The fraction of sp³-hybridized carbons (Fsp3) is 0.500. The number of amides is 4. The van der Waals surface area contributed by atoms with Crippen LogP contribution in [0.2, 0.25) is 0 Å². The standard InChI is InChI=1S/C22H31N5O5S.C2HF3O2/c23-10-5-4-8-16(25-14-28)20(30)24-13-19(29)26-18(12-15-6-2-1-3-7-15)21(31)27-17-9-11-33-22(17)32;3-2(4,5)1(6)7/h1-3,6-7,14,16-18H,4-5,8-13,23H2,(H,24,30)(H,25,28)(H,26,29)(H,27,31);(H,6,7)/t16-,17-,18-;/m0./s1. The van der Waals surface area contributed by atoms with E-state index in [2.05, 4.69) is 21.3 Å². The zero-order valence-corrected chi connectivity index (χ0v) is 22.2. The number of rotatable bonds is 14. The predicted octanol–water partition coefficient (Wildman–Crippen LogP) is -0.145. The molecule has 4 amide bonds. The molecule has 40 heavy (non-hydrogen) atoms. The van der Waals surface area contributed by atoms with Crippen molar-refractivity contribution in [3.05, 3.63) is 35.9 Å². The van der Waals surface area contributed by atoms with Gasteiger partial charge >= 0.3 is 12.1 Å². The fourth-order valence-corrected chi connectivity index (χ4v) is 4.29. The third-order valence-electron chi connectivity index (χ3n) is 5.38. The molecule has 0 aliphatic carbocycles. The summed E-state index contributed by atoms with van der Waals surface area (Å²) < 4.78 is 31.7. The minimum Gasteiger partial charge on any atom is -0.475 e. The van der Waals surface area contributed by atoms with Crippen molar-refractivity contribution in [3.8, 4) is 0 Å². The molecule has 12 nitrogen and oxygen atoms in total. The second-order valence-electron chi connectivity index (χ2n) is 8.47. The van der Waals surface area contributed by atoms with Crippen molar-refractivity contribution in [1.82, 2.24) is 21.3 Å². The molecule has 1 aromatic rings. The molecule has 0 bridgehead atoms. The van der Waals surface area contributed by atoms with E-state index in [9.17, 15) is 37.1 Å². The van der Waals surface area contributed by atoms with E-state index in [1.165, 1.54) is 11.8 Å². The third-order valence-corrected chi connectivity index (χ3v) is 6.39. The number of carboxylic acid groups (broad SMARTS) is 1. The lowest BCUT2D eigenvalue weighted by Gasteiger charge is -2.21. The summed E-state index contributed by atoms with van der Waals surface area (Å²) in [6.45, 7) is 0.122. The van der Waals surface area contributed by atoms with Crippen molar-refractivity contribution in [2.45, 2.75) is 56.4 Å². The maximum absolute atomic E-state index is 12.8. The second-order valence-corrected chi connectivity index (χ2v) is 9.57. The number of aliphatic carboxylic acids is 1. The molecule has 0 unspecified atom stereocenters. The summed E-state index contributed by atoms with van der Waals surface area (Å²) in [6.07, 6.45) is -2.10. The van der Waals surface area contributed by atoms with Crippen LogP contribution in [-0.4, -0.2) is 83.5 Å². The van der Waals surface area contributed by atoms with Gasteiger partial charge in [-0.1, -0.05) is 42.1 Å². The van der Waals surface area contributed by atoms with E-state index in [-0.39, 0.29) is 18.1 Å². The number of halogens is 3. The van der Waals surface area contributed by atoms with Gasteiger partial charge in [-0.15, -0.1) is 0 Å². The van der Waals surface area contributed by atoms with Gasteiger partial charge < -0.3 is 32.1 Å². The minimum atomic E-state index is -5.08. The molecule has 7 N–H and O–H groups in total. The number of carboxylic acids is 1. The second kappa shape index (κ2) is 17.8. The van der Waals surface area contributed by atoms with Crippen molar-refractivity contribution in [3.63, 3.8) is 0 Å². The molecule has 1 heterocycles. The Labute approximate surface area is 232 Å². The maximum atomic E-state index is 12.8. The summed E-state index contributed by atoms with van der Waals surface area (Å²) in [4.78, 5) is 69.2. The van der Waals surface area contributed by atoms with Gasteiger partial charge in [0.05, 0.1) is 12.6 Å². The molecular weight excluding hydrogens is 559 g/mol. The van der Waals surface area contributed by atoms with E-state index in [1.807, 2.05) is 30.3 Å². The van der Waals surface area contributed by atoms with Crippen molar-refractivity contribution >= 4 is 47.0 Å². The monoisotopic (exact) mass is 591 g/mol. The van der Waals surface area contributed by atoms with E-state index < -0.39 is 48.0 Å². The Bertz CT molecular complexity index is 1010. The molecule has 16 heteroatoms. The largest absolute Gasteiger partial charge is 0.490 e. The molecule has 1 saturated heterocycles. The van der Waals surface area contributed by atoms with Gasteiger partial charge in [0, 0.05) is 12.2 Å². The van der Waals surface area contributed by atoms with Gasteiger partial charge in [-0.2, -0.15) is 13.2 Å². The summed E-state index contributed by atoms with van der Waals surface area (Å²) in [5.41, 5.74) is 6.29. The van der Waals surface area contributed by atoms with Gasteiger partial charge in [-0.25, -0.2) is 4.79 Å². The van der Waals surface area contributed by atoms with Crippen LogP contribution in [0.4, 0.5) is 13.2 Å². The Balaban J connectivity index is 0.00000101. The number of hydrogen-bond acceptors (Lipinski definition) is 8. The molecule has 1 aliphatic rings. The molecule has 3 atom stereocenters. The first-order valence-corrected chi connectivity index (χ1v) is 13.2. The first-order valence-electron chi connectivity index (χ1n) is 12.2. The van der Waals surface area contributed by atoms with Gasteiger partial charge in [-0.3, -0.25) is 24.0 Å². The first-order chi connectivity index (χ1) is 18.9. The molecule has 222 valence electrons. The van der Waals surface area contributed by atoms with Crippen molar-refractivity contribution in [2.75, 3.05) is 18.8 Å². The zero-order chi connectivity index (χ0) is 30.1. The molecule has 0 radical (unpaired) electrons. The number of nitrogens with two attached hydrogens (primary N) is 1. The molecule has 0 aromatic heterocycles. The number of nitrogens with one attached hydrogen (secondary N) is 4. The van der Waals surface area contributed by atoms with Crippen LogP contribution in [0.1, 0.15) is 31.2 Å². The lowest BCUT2D eigenvalue weighted by molar-refractivity contribution is -0.192. The molecule has 0 saturated carbocycles. The third kappa shape index (κ3) is 13.4. The van der Waals surface area contributed by atoms with E-state index >= 15 is 0 Å². The first kappa shape index (κ1) is 34.4. The van der Waals surface area contributed by atoms with Gasteiger partial charge in [0.25, 0.3) is 0 Å². The van der Waals surface area contributed by atoms with Crippen LogP contribution < -0.4 is 27.0 Å². The smallest absolute Gasteiger partial charge is 0.475 e. The van der Waals surface area contributed by atoms with Crippen molar-refractivity contribution < 1.29 is 47.0 Å². The normalized spacial score (nSPS) is 16.0. The van der Waals surface area contributed by atoms with E-state index in [0.717, 1.165) is 5.56 Å². The number of hydrogen-bond donors (Lipinski definition) is 6. The highest BCUT2D eigenvalue weighted by molar-refractivity contribution is 8.14. The Morgan fingerprint density at radius 2 is 1.75 bits per heavy atom. The van der Waals surface area contributed by atoms with Crippen LogP contribution in [0.3, 0.4) is 0 Å².